The molecule has 0 aliphatic heterocycles. The van der Waals surface area contributed by atoms with Crippen molar-refractivity contribution < 1.29 is 0 Å². The van der Waals surface area contributed by atoms with Crippen LogP contribution in [0.4, 0.5) is 0 Å². The van der Waals surface area contributed by atoms with Gasteiger partial charge in [0.1, 0.15) is 0 Å². The molecule has 0 aliphatic rings. The lowest BCUT2D eigenvalue weighted by molar-refractivity contribution is 0.766. The summed E-state index contributed by atoms with van der Waals surface area (Å²) in [5.74, 6) is 0.855. The van der Waals surface area contributed by atoms with Crippen LogP contribution in [0.2, 0.25) is 0 Å². The molecule has 0 spiro atoms. The van der Waals surface area contributed by atoms with Crippen molar-refractivity contribution in [3.8, 4) is 0 Å². The monoisotopic (exact) mass is 419 g/mol. The number of rotatable bonds is 6. The predicted octanol–water partition coefficient (Wildman–Crippen LogP) is 2.40. The lowest BCUT2D eigenvalue weighted by Crippen LogP contribution is -2.38. The van der Waals surface area contributed by atoms with Gasteiger partial charge in [-0.1, -0.05) is 6.07 Å². The zero-order valence-electron chi connectivity index (χ0n) is 12.4. The summed E-state index contributed by atoms with van der Waals surface area (Å²) >= 11 is 1.79. The second kappa shape index (κ2) is 9.78. The van der Waals surface area contributed by atoms with Crippen molar-refractivity contribution in [2.24, 2.45) is 12.0 Å². The van der Waals surface area contributed by atoms with Gasteiger partial charge in [-0.2, -0.15) is 5.10 Å². The van der Waals surface area contributed by atoms with E-state index in [-0.39, 0.29) is 24.0 Å². The first-order valence-corrected chi connectivity index (χ1v) is 7.68. The number of nitrogens with zero attached hydrogens (tertiary/aromatic N) is 3. The highest BCUT2D eigenvalue weighted by Gasteiger charge is 1.99. The minimum atomic E-state index is 0. The van der Waals surface area contributed by atoms with Crippen molar-refractivity contribution in [1.29, 1.82) is 0 Å². The summed E-state index contributed by atoms with van der Waals surface area (Å²) in [6, 6.07) is 4.24. The molecule has 0 aliphatic carbocycles. The van der Waals surface area contributed by atoms with Crippen molar-refractivity contribution in [1.82, 2.24) is 20.4 Å². The number of guanidine groups is 1. The summed E-state index contributed by atoms with van der Waals surface area (Å²) in [5.41, 5.74) is 1.11. The van der Waals surface area contributed by atoms with Crippen molar-refractivity contribution in [3.63, 3.8) is 0 Å². The van der Waals surface area contributed by atoms with Crippen LogP contribution in [-0.2, 0) is 20.0 Å². The Morgan fingerprint density at radius 1 is 1.43 bits per heavy atom. The molecule has 2 heterocycles. The van der Waals surface area contributed by atoms with Crippen LogP contribution in [0.5, 0.6) is 0 Å². The normalized spacial score (nSPS) is 11.0. The molecule has 0 saturated heterocycles. The molecule has 5 nitrogen and oxygen atoms in total. The number of thiophene rings is 1. The molecule has 7 heteroatoms. The molecule has 0 unspecified atom stereocenters. The highest BCUT2D eigenvalue weighted by atomic mass is 127. The van der Waals surface area contributed by atoms with Crippen LogP contribution in [0.25, 0.3) is 0 Å². The highest BCUT2D eigenvalue weighted by molar-refractivity contribution is 14.0. The van der Waals surface area contributed by atoms with Gasteiger partial charge in [0.2, 0.25) is 0 Å². The zero-order chi connectivity index (χ0) is 14.2. The van der Waals surface area contributed by atoms with E-state index in [0.29, 0.717) is 6.54 Å². The lowest BCUT2D eigenvalue weighted by atomic mass is 10.3. The Kier molecular flexibility index (Phi) is 8.36. The van der Waals surface area contributed by atoms with Crippen LogP contribution in [0.1, 0.15) is 17.4 Å². The molecule has 0 amide bonds. The zero-order valence-corrected chi connectivity index (χ0v) is 15.5. The van der Waals surface area contributed by atoms with Gasteiger partial charge in [0.05, 0.1) is 12.7 Å². The summed E-state index contributed by atoms with van der Waals surface area (Å²) in [4.78, 5) is 5.95. The number of halogens is 1. The molecule has 0 atom stereocenters. The van der Waals surface area contributed by atoms with Gasteiger partial charge in [0, 0.05) is 36.8 Å². The van der Waals surface area contributed by atoms with Gasteiger partial charge >= 0.3 is 0 Å². The maximum atomic E-state index is 4.56. The molecule has 21 heavy (non-hydrogen) atoms. The summed E-state index contributed by atoms with van der Waals surface area (Å²) in [7, 11) is 1.91. The minimum absolute atomic E-state index is 0. The third-order valence-corrected chi connectivity index (χ3v) is 3.70. The van der Waals surface area contributed by atoms with Gasteiger partial charge in [-0.05, 0) is 24.8 Å². The molecule has 0 aromatic carbocycles. The molecule has 2 N–H and O–H groups in total. The molecule has 2 aromatic rings. The third kappa shape index (κ3) is 6.47. The van der Waals surface area contributed by atoms with E-state index in [2.05, 4.69) is 45.2 Å². The Labute approximate surface area is 146 Å². The van der Waals surface area contributed by atoms with Gasteiger partial charge in [0.15, 0.2) is 5.96 Å². The molecule has 2 rings (SSSR count). The Morgan fingerprint density at radius 3 is 2.90 bits per heavy atom. The van der Waals surface area contributed by atoms with Crippen LogP contribution < -0.4 is 10.6 Å². The molecule has 116 valence electrons. The standard InChI is InChI=1S/C14H21N5S.HI/c1-3-15-14(16-7-6-13-5-4-8-20-13)17-9-12-10-18-19(2)11-12;/h4-5,8,10-11H,3,6-7,9H2,1-2H3,(H2,15,16,17);1H. The Balaban J connectivity index is 0.00000220. The van der Waals surface area contributed by atoms with Crippen molar-refractivity contribution in [2.45, 2.75) is 19.9 Å². The number of hydrogen-bond acceptors (Lipinski definition) is 3. The second-order valence-electron chi connectivity index (χ2n) is 4.47. The summed E-state index contributed by atoms with van der Waals surface area (Å²) in [5, 5.41) is 12.9. The van der Waals surface area contributed by atoms with Gasteiger partial charge in [-0.3, -0.25) is 4.68 Å². The van der Waals surface area contributed by atoms with Gasteiger partial charge in [0.25, 0.3) is 0 Å². The molecule has 2 aromatic heterocycles. The SMILES string of the molecule is CCNC(=NCc1cnn(C)c1)NCCc1cccs1.I. The van der Waals surface area contributed by atoms with E-state index in [9.17, 15) is 0 Å². The first-order valence-electron chi connectivity index (χ1n) is 6.80. The van der Waals surface area contributed by atoms with Gasteiger partial charge in [-0.25, -0.2) is 4.99 Å². The van der Waals surface area contributed by atoms with Crippen LogP contribution in [0, 0.1) is 0 Å². The molecular formula is C14H22IN5S. The predicted molar refractivity (Wildman–Crippen MR) is 99.5 cm³/mol. The number of aryl methyl sites for hydroxylation is 1. The van der Waals surface area contributed by atoms with Crippen LogP contribution in [-0.4, -0.2) is 28.8 Å². The summed E-state index contributed by atoms with van der Waals surface area (Å²) in [6.45, 7) is 4.46. The molecule has 0 radical (unpaired) electrons. The van der Waals surface area contributed by atoms with E-state index in [1.807, 2.05) is 19.4 Å². The fraction of sp³-hybridized carbons (Fsp3) is 0.429. The number of aromatic nitrogens is 2. The second-order valence-corrected chi connectivity index (χ2v) is 5.51. The van der Waals surface area contributed by atoms with E-state index in [1.165, 1.54) is 4.88 Å². The Hall–Kier alpha value is -1.09. The van der Waals surface area contributed by atoms with Gasteiger partial charge in [-0.15, -0.1) is 35.3 Å². The van der Waals surface area contributed by atoms with E-state index >= 15 is 0 Å². The molecular weight excluding hydrogens is 397 g/mol. The smallest absolute Gasteiger partial charge is 0.191 e. The maximum absolute atomic E-state index is 4.56. The first kappa shape index (κ1) is 18.0. The van der Waals surface area contributed by atoms with Crippen LogP contribution in [0.3, 0.4) is 0 Å². The average Bonchev–Trinajstić information content (AvgIpc) is 3.07. The molecule has 0 fully saturated rings. The average molecular weight is 419 g/mol. The van der Waals surface area contributed by atoms with Crippen LogP contribution in [0.15, 0.2) is 34.9 Å². The first-order chi connectivity index (χ1) is 9.78. The van der Waals surface area contributed by atoms with E-state index in [4.69, 9.17) is 0 Å². The van der Waals surface area contributed by atoms with Crippen molar-refractivity contribution >= 4 is 41.3 Å². The van der Waals surface area contributed by atoms with E-state index < -0.39 is 0 Å². The van der Waals surface area contributed by atoms with Crippen LogP contribution >= 0.6 is 35.3 Å². The summed E-state index contributed by atoms with van der Waals surface area (Å²) in [6.07, 6.45) is 4.85. The van der Waals surface area contributed by atoms with Crippen molar-refractivity contribution in [3.05, 3.63) is 40.3 Å². The lowest BCUT2D eigenvalue weighted by Gasteiger charge is -2.10. The number of hydrogen-bond donors (Lipinski definition) is 2. The Morgan fingerprint density at radius 2 is 2.29 bits per heavy atom. The Bertz CT molecular complexity index is 535. The fourth-order valence-corrected chi connectivity index (χ4v) is 2.53. The molecule has 0 bridgehead atoms. The third-order valence-electron chi connectivity index (χ3n) is 2.77. The topological polar surface area (TPSA) is 54.2 Å². The maximum Gasteiger partial charge on any atom is 0.191 e. The fourth-order valence-electron chi connectivity index (χ4n) is 1.82. The highest BCUT2D eigenvalue weighted by Crippen LogP contribution is 2.08. The van der Waals surface area contributed by atoms with Gasteiger partial charge < -0.3 is 10.6 Å². The molecule has 0 saturated carbocycles. The number of aliphatic imine (C=N–C) groups is 1. The number of nitrogens with one attached hydrogen (secondary N) is 2. The van der Waals surface area contributed by atoms with E-state index in [1.54, 1.807) is 16.0 Å². The quantitative estimate of drug-likeness (QED) is 0.430. The summed E-state index contributed by atoms with van der Waals surface area (Å²) < 4.78 is 1.79. The van der Waals surface area contributed by atoms with E-state index in [0.717, 1.165) is 31.0 Å². The largest absolute Gasteiger partial charge is 0.357 e. The van der Waals surface area contributed by atoms with Crippen molar-refractivity contribution in [2.75, 3.05) is 13.1 Å². The minimum Gasteiger partial charge on any atom is -0.357 e.